The van der Waals surface area contributed by atoms with E-state index in [9.17, 15) is 9.59 Å². The molecule has 112 valence electrons. The lowest BCUT2D eigenvalue weighted by atomic mass is 10.2. The monoisotopic (exact) mass is 353 g/mol. The van der Waals surface area contributed by atoms with E-state index in [0.29, 0.717) is 13.2 Å². The smallest absolute Gasteiger partial charge is 0.329 e. The van der Waals surface area contributed by atoms with E-state index >= 15 is 0 Å². The third-order valence-corrected chi connectivity index (χ3v) is 3.44. The van der Waals surface area contributed by atoms with Crippen molar-refractivity contribution in [2.24, 2.45) is 5.10 Å². The molecule has 0 aromatic heterocycles. The van der Waals surface area contributed by atoms with E-state index in [0.717, 1.165) is 22.9 Å². The van der Waals surface area contributed by atoms with Crippen molar-refractivity contribution in [1.82, 2.24) is 10.7 Å². The molecule has 6 nitrogen and oxygen atoms in total. The van der Waals surface area contributed by atoms with Crippen LogP contribution in [-0.2, 0) is 14.3 Å². The maximum absolute atomic E-state index is 11.5. The molecule has 1 fully saturated rings. The standard InChI is InChI=1S/C14H16BrN3O3/c15-11-4-1-3-10(7-11)8-17-18-14(20)13(19)16-9-12-5-2-6-21-12/h1,3-4,7-8,12H,2,5-6,9H2,(H,16,19)(H,18,20)/b17-8-/t12-/m1/s1. The number of nitrogens with zero attached hydrogens (tertiary/aromatic N) is 1. The Bertz CT molecular complexity index is 542. The Balaban J connectivity index is 1.74. The second-order valence-corrected chi connectivity index (χ2v) is 5.51. The van der Waals surface area contributed by atoms with Crippen molar-refractivity contribution < 1.29 is 14.3 Å². The zero-order valence-electron chi connectivity index (χ0n) is 11.3. The molecular weight excluding hydrogens is 338 g/mol. The summed E-state index contributed by atoms with van der Waals surface area (Å²) >= 11 is 3.33. The van der Waals surface area contributed by atoms with Gasteiger partial charge >= 0.3 is 11.8 Å². The van der Waals surface area contributed by atoms with Crippen LogP contribution in [0.2, 0.25) is 0 Å². The molecular formula is C14H16BrN3O3. The molecule has 0 aliphatic carbocycles. The number of ether oxygens (including phenoxy) is 1. The van der Waals surface area contributed by atoms with Gasteiger partial charge < -0.3 is 10.1 Å². The second kappa shape index (κ2) is 7.90. The summed E-state index contributed by atoms with van der Waals surface area (Å²) in [4.78, 5) is 23.1. The van der Waals surface area contributed by atoms with E-state index < -0.39 is 11.8 Å². The van der Waals surface area contributed by atoms with E-state index in [2.05, 4.69) is 31.8 Å². The van der Waals surface area contributed by atoms with Crippen molar-refractivity contribution in [3.8, 4) is 0 Å². The van der Waals surface area contributed by atoms with Gasteiger partial charge in [0, 0.05) is 17.6 Å². The second-order valence-electron chi connectivity index (χ2n) is 4.60. The van der Waals surface area contributed by atoms with Crippen LogP contribution in [0.5, 0.6) is 0 Å². The summed E-state index contributed by atoms with van der Waals surface area (Å²) in [6, 6.07) is 7.40. The Morgan fingerprint density at radius 1 is 1.43 bits per heavy atom. The van der Waals surface area contributed by atoms with Crippen LogP contribution in [0.1, 0.15) is 18.4 Å². The van der Waals surface area contributed by atoms with Gasteiger partial charge in [-0.3, -0.25) is 9.59 Å². The van der Waals surface area contributed by atoms with Crippen molar-refractivity contribution in [2.45, 2.75) is 18.9 Å². The SMILES string of the molecule is O=C(NC[C@H]1CCCO1)C(=O)N/N=C\c1cccc(Br)c1. The van der Waals surface area contributed by atoms with Crippen molar-refractivity contribution in [1.29, 1.82) is 0 Å². The fraction of sp³-hybridized carbons (Fsp3) is 0.357. The molecule has 1 heterocycles. The van der Waals surface area contributed by atoms with Crippen LogP contribution < -0.4 is 10.7 Å². The molecule has 2 rings (SSSR count). The summed E-state index contributed by atoms with van der Waals surface area (Å²) in [5.74, 6) is -1.50. The number of carbonyl (C=O) groups excluding carboxylic acids is 2. The first-order chi connectivity index (χ1) is 10.1. The zero-order valence-corrected chi connectivity index (χ0v) is 12.9. The quantitative estimate of drug-likeness (QED) is 0.484. The Kier molecular flexibility index (Phi) is 5.89. The molecule has 2 N–H and O–H groups in total. The number of amides is 2. The average molecular weight is 354 g/mol. The number of hydrazone groups is 1. The molecule has 1 aliphatic rings. The maximum Gasteiger partial charge on any atom is 0.329 e. The van der Waals surface area contributed by atoms with E-state index in [4.69, 9.17) is 4.74 Å². The van der Waals surface area contributed by atoms with Crippen molar-refractivity contribution in [3.63, 3.8) is 0 Å². The Morgan fingerprint density at radius 2 is 2.29 bits per heavy atom. The fourth-order valence-corrected chi connectivity index (χ4v) is 2.31. The molecule has 0 radical (unpaired) electrons. The summed E-state index contributed by atoms with van der Waals surface area (Å²) in [7, 11) is 0. The zero-order chi connectivity index (χ0) is 15.1. The van der Waals surface area contributed by atoms with Crippen LogP contribution in [0.25, 0.3) is 0 Å². The number of hydrogen-bond donors (Lipinski definition) is 2. The third-order valence-electron chi connectivity index (χ3n) is 2.95. The predicted octanol–water partition coefficient (Wildman–Crippen LogP) is 1.19. The first-order valence-corrected chi connectivity index (χ1v) is 7.43. The number of benzene rings is 1. The van der Waals surface area contributed by atoms with Crippen molar-refractivity contribution >= 4 is 34.0 Å². The first kappa shape index (κ1) is 15.7. The molecule has 21 heavy (non-hydrogen) atoms. The molecule has 1 aromatic rings. The van der Waals surface area contributed by atoms with Crippen LogP contribution >= 0.6 is 15.9 Å². The van der Waals surface area contributed by atoms with Gasteiger partial charge in [0.25, 0.3) is 0 Å². The van der Waals surface area contributed by atoms with Crippen LogP contribution in [0, 0.1) is 0 Å². The number of hydrogen-bond acceptors (Lipinski definition) is 4. The summed E-state index contributed by atoms with van der Waals surface area (Å²) in [6.45, 7) is 1.06. The first-order valence-electron chi connectivity index (χ1n) is 6.63. The molecule has 7 heteroatoms. The molecule has 0 saturated carbocycles. The lowest BCUT2D eigenvalue weighted by Gasteiger charge is -2.09. The van der Waals surface area contributed by atoms with Crippen LogP contribution in [0.15, 0.2) is 33.8 Å². The molecule has 1 saturated heterocycles. The molecule has 0 spiro atoms. The summed E-state index contributed by atoms with van der Waals surface area (Å²) < 4.78 is 6.26. The minimum Gasteiger partial charge on any atom is -0.376 e. The number of halogens is 1. The van der Waals surface area contributed by atoms with Gasteiger partial charge in [0.1, 0.15) is 0 Å². The van der Waals surface area contributed by atoms with Gasteiger partial charge in [-0.25, -0.2) is 5.43 Å². The van der Waals surface area contributed by atoms with Crippen LogP contribution in [0.4, 0.5) is 0 Å². The Morgan fingerprint density at radius 3 is 3.00 bits per heavy atom. The topological polar surface area (TPSA) is 79.8 Å². The minimum absolute atomic E-state index is 0.00641. The van der Waals surface area contributed by atoms with E-state index in [-0.39, 0.29) is 6.10 Å². The van der Waals surface area contributed by atoms with Gasteiger partial charge in [-0.1, -0.05) is 28.1 Å². The summed E-state index contributed by atoms with van der Waals surface area (Å²) in [6.07, 6.45) is 3.37. The average Bonchev–Trinajstić information content (AvgIpc) is 2.98. The Hall–Kier alpha value is -1.73. The number of nitrogens with one attached hydrogen (secondary N) is 2. The van der Waals surface area contributed by atoms with Gasteiger partial charge in [-0.05, 0) is 30.5 Å². The van der Waals surface area contributed by atoms with Crippen LogP contribution in [0.3, 0.4) is 0 Å². The highest BCUT2D eigenvalue weighted by atomic mass is 79.9. The van der Waals surface area contributed by atoms with Crippen LogP contribution in [-0.4, -0.2) is 37.3 Å². The maximum atomic E-state index is 11.5. The number of carbonyl (C=O) groups is 2. The highest BCUT2D eigenvalue weighted by molar-refractivity contribution is 9.10. The van der Waals surface area contributed by atoms with Gasteiger partial charge in [0.2, 0.25) is 0 Å². The van der Waals surface area contributed by atoms with Gasteiger partial charge in [-0.2, -0.15) is 5.10 Å². The summed E-state index contributed by atoms with van der Waals surface area (Å²) in [5, 5.41) is 6.27. The summed E-state index contributed by atoms with van der Waals surface area (Å²) in [5.41, 5.74) is 3.00. The fourth-order valence-electron chi connectivity index (χ4n) is 1.90. The third kappa shape index (κ3) is 5.28. The molecule has 0 bridgehead atoms. The number of rotatable bonds is 4. The van der Waals surface area contributed by atoms with Crippen molar-refractivity contribution in [2.75, 3.05) is 13.2 Å². The normalized spacial score (nSPS) is 17.9. The predicted molar refractivity (Wildman–Crippen MR) is 81.9 cm³/mol. The van der Waals surface area contributed by atoms with Gasteiger partial charge in [0.05, 0.1) is 12.3 Å². The minimum atomic E-state index is -0.792. The molecule has 0 unspecified atom stereocenters. The van der Waals surface area contributed by atoms with E-state index in [1.165, 1.54) is 6.21 Å². The Labute approximate surface area is 131 Å². The van der Waals surface area contributed by atoms with E-state index in [1.54, 1.807) is 0 Å². The lowest BCUT2D eigenvalue weighted by molar-refractivity contribution is -0.139. The molecule has 1 atom stereocenters. The highest BCUT2D eigenvalue weighted by Gasteiger charge is 2.18. The lowest BCUT2D eigenvalue weighted by Crippen LogP contribution is -2.41. The highest BCUT2D eigenvalue weighted by Crippen LogP contribution is 2.10. The largest absolute Gasteiger partial charge is 0.376 e. The van der Waals surface area contributed by atoms with Crippen molar-refractivity contribution in [3.05, 3.63) is 34.3 Å². The molecule has 1 aliphatic heterocycles. The van der Waals surface area contributed by atoms with Gasteiger partial charge in [0.15, 0.2) is 0 Å². The van der Waals surface area contributed by atoms with Gasteiger partial charge in [-0.15, -0.1) is 0 Å². The molecule has 2 amide bonds. The van der Waals surface area contributed by atoms with E-state index in [1.807, 2.05) is 24.3 Å². The molecule has 1 aromatic carbocycles.